The number of amides is 1. The van der Waals surface area contributed by atoms with E-state index in [4.69, 9.17) is 4.74 Å². The third-order valence-corrected chi connectivity index (χ3v) is 7.09. The van der Waals surface area contributed by atoms with Crippen LogP contribution in [-0.2, 0) is 24.2 Å². The maximum absolute atomic E-state index is 13.6. The van der Waals surface area contributed by atoms with Crippen LogP contribution in [0.15, 0.2) is 66.9 Å². The summed E-state index contributed by atoms with van der Waals surface area (Å²) in [7, 11) is 4.05. The fourth-order valence-electron chi connectivity index (χ4n) is 5.42. The molecule has 0 saturated carbocycles. The van der Waals surface area contributed by atoms with E-state index in [2.05, 4.69) is 51.3 Å². The van der Waals surface area contributed by atoms with Gasteiger partial charge in [-0.15, -0.1) is 0 Å². The Morgan fingerprint density at radius 1 is 1.17 bits per heavy atom. The first-order valence-corrected chi connectivity index (χ1v) is 12.5. The quantitative estimate of drug-likeness (QED) is 0.421. The van der Waals surface area contributed by atoms with Crippen molar-refractivity contribution in [1.29, 1.82) is 0 Å². The number of benzene rings is 2. The van der Waals surface area contributed by atoms with Crippen molar-refractivity contribution < 1.29 is 9.53 Å². The molecule has 6 nitrogen and oxygen atoms in total. The molecule has 2 aromatic carbocycles. The maximum Gasteiger partial charge on any atom is 0.247 e. The molecule has 0 radical (unpaired) electrons. The Morgan fingerprint density at radius 3 is 2.89 bits per heavy atom. The molecule has 1 amide bonds. The molecular weight excluding hydrogens is 448 g/mol. The molecule has 6 rings (SSSR count). The van der Waals surface area contributed by atoms with Crippen LogP contribution in [0.25, 0.3) is 17.0 Å². The number of carbonyl (C=O) groups is 1. The molecule has 0 unspecified atom stereocenters. The number of hydrogen-bond donors (Lipinski definition) is 1. The highest BCUT2D eigenvalue weighted by atomic mass is 16.5. The second kappa shape index (κ2) is 9.28. The van der Waals surface area contributed by atoms with Crippen molar-refractivity contribution in [2.45, 2.75) is 25.4 Å². The van der Waals surface area contributed by atoms with Gasteiger partial charge in [0.2, 0.25) is 5.91 Å². The van der Waals surface area contributed by atoms with E-state index < -0.39 is 0 Å². The fourth-order valence-corrected chi connectivity index (χ4v) is 5.42. The summed E-state index contributed by atoms with van der Waals surface area (Å²) in [6.07, 6.45) is 7.10. The van der Waals surface area contributed by atoms with Crippen molar-refractivity contribution in [2.24, 2.45) is 0 Å². The standard InChI is InChI=1S/C30H30N4O2/c1-33(2)19-23-10-7-20(18-31-23)8-12-28(35)34-15-13-25-24-5-3-4-6-26(24)32-29(25)30(34)22-9-11-27-21(17-22)14-16-36-27/h3-12,17-18,30,32H,13-16,19H2,1-2H3/t30-/m1/s1. The van der Waals surface area contributed by atoms with E-state index in [1.807, 2.05) is 49.5 Å². The first-order chi connectivity index (χ1) is 17.6. The van der Waals surface area contributed by atoms with E-state index in [1.54, 1.807) is 6.08 Å². The predicted molar refractivity (Wildman–Crippen MR) is 142 cm³/mol. The molecule has 0 fully saturated rings. The van der Waals surface area contributed by atoms with Crippen LogP contribution in [-0.4, -0.2) is 52.9 Å². The highest BCUT2D eigenvalue weighted by Crippen LogP contribution is 2.40. The summed E-state index contributed by atoms with van der Waals surface area (Å²) in [5.41, 5.74) is 7.78. The summed E-state index contributed by atoms with van der Waals surface area (Å²) in [5.74, 6) is 0.952. The molecule has 2 aromatic heterocycles. The molecule has 0 bridgehead atoms. The van der Waals surface area contributed by atoms with Crippen LogP contribution in [0.2, 0.25) is 0 Å². The minimum Gasteiger partial charge on any atom is -0.493 e. The van der Waals surface area contributed by atoms with Gasteiger partial charge in [-0.25, -0.2) is 0 Å². The molecule has 2 aliphatic rings. The lowest BCUT2D eigenvalue weighted by Gasteiger charge is -2.36. The predicted octanol–water partition coefficient (Wildman–Crippen LogP) is 4.75. The van der Waals surface area contributed by atoms with E-state index >= 15 is 0 Å². The molecule has 0 saturated heterocycles. The summed E-state index contributed by atoms with van der Waals surface area (Å²) >= 11 is 0. The second-order valence-corrected chi connectivity index (χ2v) is 9.87. The van der Waals surface area contributed by atoms with Gasteiger partial charge in [-0.1, -0.05) is 30.3 Å². The van der Waals surface area contributed by atoms with E-state index in [9.17, 15) is 4.79 Å². The zero-order valence-electron chi connectivity index (χ0n) is 20.7. The van der Waals surface area contributed by atoms with Gasteiger partial charge in [0, 0.05) is 48.4 Å². The lowest BCUT2D eigenvalue weighted by Crippen LogP contribution is -2.39. The molecule has 4 aromatic rings. The number of rotatable bonds is 5. The molecule has 1 N–H and O–H groups in total. The average molecular weight is 479 g/mol. The van der Waals surface area contributed by atoms with Gasteiger partial charge in [0.15, 0.2) is 0 Å². The number of aromatic amines is 1. The van der Waals surface area contributed by atoms with Crippen molar-refractivity contribution in [3.05, 3.63) is 101 Å². The summed E-state index contributed by atoms with van der Waals surface area (Å²) in [6.45, 7) is 2.17. The number of ether oxygens (including phenoxy) is 1. The maximum atomic E-state index is 13.6. The van der Waals surface area contributed by atoms with Gasteiger partial charge in [-0.05, 0) is 73.1 Å². The lowest BCUT2D eigenvalue weighted by atomic mass is 9.91. The molecule has 4 heterocycles. The normalized spacial score (nSPS) is 17.0. The molecule has 2 aliphatic heterocycles. The van der Waals surface area contributed by atoms with Gasteiger partial charge in [0.05, 0.1) is 18.3 Å². The van der Waals surface area contributed by atoms with E-state index in [1.165, 1.54) is 16.5 Å². The Balaban J connectivity index is 1.34. The first kappa shape index (κ1) is 22.6. The van der Waals surface area contributed by atoms with Crippen molar-refractivity contribution in [2.75, 3.05) is 27.2 Å². The highest BCUT2D eigenvalue weighted by Gasteiger charge is 2.34. The van der Waals surface area contributed by atoms with Crippen LogP contribution in [0.3, 0.4) is 0 Å². The zero-order chi connectivity index (χ0) is 24.6. The zero-order valence-corrected chi connectivity index (χ0v) is 20.7. The van der Waals surface area contributed by atoms with Crippen molar-refractivity contribution >= 4 is 22.9 Å². The Bertz CT molecular complexity index is 1450. The Kier molecular flexibility index (Phi) is 5.82. The van der Waals surface area contributed by atoms with Gasteiger partial charge >= 0.3 is 0 Å². The summed E-state index contributed by atoms with van der Waals surface area (Å²) < 4.78 is 5.74. The Hall–Kier alpha value is -3.90. The summed E-state index contributed by atoms with van der Waals surface area (Å²) in [5, 5.41) is 1.24. The van der Waals surface area contributed by atoms with Crippen LogP contribution in [0.1, 0.15) is 39.7 Å². The van der Waals surface area contributed by atoms with Crippen molar-refractivity contribution in [3.63, 3.8) is 0 Å². The average Bonchev–Trinajstić information content (AvgIpc) is 3.51. The molecule has 36 heavy (non-hydrogen) atoms. The van der Waals surface area contributed by atoms with Crippen LogP contribution in [0.5, 0.6) is 5.75 Å². The number of carbonyl (C=O) groups excluding carboxylic acids is 1. The summed E-state index contributed by atoms with van der Waals surface area (Å²) in [6, 6.07) is 18.6. The fraction of sp³-hybridized carbons (Fsp3) is 0.267. The smallest absolute Gasteiger partial charge is 0.247 e. The molecule has 0 spiro atoms. The molecule has 1 atom stereocenters. The molecule has 6 heteroatoms. The van der Waals surface area contributed by atoms with Crippen molar-refractivity contribution in [3.8, 4) is 5.75 Å². The summed E-state index contributed by atoms with van der Waals surface area (Å²) in [4.78, 5) is 25.8. The van der Waals surface area contributed by atoms with Gasteiger partial charge in [-0.3, -0.25) is 9.78 Å². The number of nitrogens with zero attached hydrogens (tertiary/aromatic N) is 3. The van der Waals surface area contributed by atoms with E-state index in [0.29, 0.717) is 13.2 Å². The van der Waals surface area contributed by atoms with Crippen LogP contribution in [0.4, 0.5) is 0 Å². The first-order valence-electron chi connectivity index (χ1n) is 12.5. The SMILES string of the molecule is CN(C)Cc1ccc(C=CC(=O)N2CCc3c([nH]c4ccccc34)[C@H]2c2ccc3c(c2)CCO3)cn1. The van der Waals surface area contributed by atoms with E-state index in [-0.39, 0.29) is 11.9 Å². The van der Waals surface area contributed by atoms with Gasteiger partial charge in [-0.2, -0.15) is 0 Å². The minimum absolute atomic E-state index is 0.00146. The number of nitrogens with one attached hydrogen (secondary N) is 1. The van der Waals surface area contributed by atoms with Crippen LogP contribution >= 0.6 is 0 Å². The third-order valence-electron chi connectivity index (χ3n) is 7.09. The van der Waals surface area contributed by atoms with Crippen molar-refractivity contribution in [1.82, 2.24) is 19.8 Å². The molecular formula is C30H30N4O2. The van der Waals surface area contributed by atoms with Crippen LogP contribution < -0.4 is 4.74 Å². The van der Waals surface area contributed by atoms with Gasteiger partial charge in [0.25, 0.3) is 0 Å². The number of H-pyrrole nitrogens is 1. The number of fused-ring (bicyclic) bond motifs is 4. The third kappa shape index (κ3) is 4.18. The number of para-hydroxylation sites is 1. The Morgan fingerprint density at radius 2 is 2.06 bits per heavy atom. The minimum atomic E-state index is -0.176. The van der Waals surface area contributed by atoms with E-state index in [0.717, 1.165) is 53.2 Å². The van der Waals surface area contributed by atoms with Crippen LogP contribution in [0, 0.1) is 0 Å². The topological polar surface area (TPSA) is 61.5 Å². The largest absolute Gasteiger partial charge is 0.493 e. The van der Waals surface area contributed by atoms with Gasteiger partial charge in [0.1, 0.15) is 5.75 Å². The number of aromatic nitrogens is 2. The molecule has 0 aliphatic carbocycles. The Labute approximate surface area is 211 Å². The molecule has 182 valence electrons. The second-order valence-electron chi connectivity index (χ2n) is 9.87. The monoisotopic (exact) mass is 478 g/mol. The highest BCUT2D eigenvalue weighted by molar-refractivity contribution is 5.93. The van der Waals surface area contributed by atoms with Gasteiger partial charge < -0.3 is 19.5 Å². The lowest BCUT2D eigenvalue weighted by molar-refractivity contribution is -0.128. The number of pyridine rings is 1. The number of hydrogen-bond acceptors (Lipinski definition) is 4.